The van der Waals surface area contributed by atoms with E-state index in [2.05, 4.69) is 22.3 Å². The van der Waals surface area contributed by atoms with Crippen molar-refractivity contribution in [3.63, 3.8) is 0 Å². The lowest BCUT2D eigenvalue weighted by molar-refractivity contribution is 0.418. The Hall–Kier alpha value is -0.970. The van der Waals surface area contributed by atoms with Gasteiger partial charge in [-0.15, -0.1) is 10.2 Å². The van der Waals surface area contributed by atoms with Gasteiger partial charge in [0.1, 0.15) is 0 Å². The largest absolute Gasteiger partial charge is 0.328 e. The molecule has 0 spiro atoms. The molecule has 1 heterocycles. The van der Waals surface area contributed by atoms with Crippen molar-refractivity contribution in [3.05, 3.63) is 5.82 Å². The minimum atomic E-state index is 0.189. The second-order valence-corrected chi connectivity index (χ2v) is 3.43. The summed E-state index contributed by atoms with van der Waals surface area (Å²) >= 11 is 0. The smallest absolute Gasteiger partial charge is 0.175 e. The van der Waals surface area contributed by atoms with Gasteiger partial charge in [-0.2, -0.15) is 4.80 Å². The van der Waals surface area contributed by atoms with Crippen LogP contribution in [-0.2, 0) is 13.5 Å². The zero-order chi connectivity index (χ0) is 9.84. The van der Waals surface area contributed by atoms with Crippen molar-refractivity contribution in [2.75, 3.05) is 0 Å². The number of aromatic nitrogens is 4. The van der Waals surface area contributed by atoms with Gasteiger partial charge in [0.2, 0.25) is 0 Å². The quantitative estimate of drug-likeness (QED) is 0.720. The maximum Gasteiger partial charge on any atom is 0.175 e. The number of aryl methyl sites for hydroxylation is 1. The van der Waals surface area contributed by atoms with Gasteiger partial charge in [-0.05, 0) is 18.1 Å². The van der Waals surface area contributed by atoms with Gasteiger partial charge < -0.3 is 5.73 Å². The van der Waals surface area contributed by atoms with Crippen LogP contribution < -0.4 is 5.73 Å². The lowest BCUT2D eigenvalue weighted by atomic mass is 9.95. The molecule has 2 N–H and O–H groups in total. The maximum absolute atomic E-state index is 5.82. The molecular weight excluding hydrogens is 166 g/mol. The molecule has 1 aromatic heterocycles. The predicted octanol–water partition coefficient (Wildman–Crippen LogP) is 0.126. The van der Waals surface area contributed by atoms with E-state index >= 15 is 0 Å². The Labute approximate surface area is 78.3 Å². The summed E-state index contributed by atoms with van der Waals surface area (Å²) in [6.07, 6.45) is 1.87. The molecule has 5 heteroatoms. The summed E-state index contributed by atoms with van der Waals surface area (Å²) < 4.78 is 0. The Morgan fingerprint density at radius 2 is 2.23 bits per heavy atom. The molecule has 2 unspecified atom stereocenters. The van der Waals surface area contributed by atoms with Crippen LogP contribution in [0.25, 0.3) is 0 Å². The van der Waals surface area contributed by atoms with E-state index in [-0.39, 0.29) is 6.04 Å². The average molecular weight is 183 g/mol. The van der Waals surface area contributed by atoms with Gasteiger partial charge in [0.05, 0.1) is 7.05 Å². The summed E-state index contributed by atoms with van der Waals surface area (Å²) in [4.78, 5) is 1.48. The van der Waals surface area contributed by atoms with Crippen LogP contribution in [0, 0.1) is 5.92 Å². The first-order valence-electron chi connectivity index (χ1n) is 4.62. The molecule has 0 aromatic carbocycles. The first kappa shape index (κ1) is 10.1. The number of hydrogen-bond donors (Lipinski definition) is 1. The van der Waals surface area contributed by atoms with Crippen LogP contribution in [0.5, 0.6) is 0 Å². The molecule has 0 fully saturated rings. The lowest BCUT2D eigenvalue weighted by Gasteiger charge is -2.16. The van der Waals surface area contributed by atoms with Gasteiger partial charge in [0, 0.05) is 12.5 Å². The van der Waals surface area contributed by atoms with E-state index < -0.39 is 0 Å². The summed E-state index contributed by atoms with van der Waals surface area (Å²) in [5.41, 5.74) is 5.82. The number of rotatable bonds is 4. The van der Waals surface area contributed by atoms with Gasteiger partial charge >= 0.3 is 0 Å². The number of tetrazole rings is 1. The Morgan fingerprint density at radius 1 is 1.54 bits per heavy atom. The Kier molecular flexibility index (Phi) is 3.36. The molecule has 74 valence electrons. The van der Waals surface area contributed by atoms with E-state index in [1.54, 1.807) is 7.05 Å². The first-order chi connectivity index (χ1) is 6.13. The molecule has 1 rings (SSSR count). The molecular formula is C8H17N5. The maximum atomic E-state index is 5.82. The zero-order valence-corrected chi connectivity index (χ0v) is 8.44. The van der Waals surface area contributed by atoms with Gasteiger partial charge in [0.25, 0.3) is 0 Å². The predicted molar refractivity (Wildman–Crippen MR) is 49.9 cm³/mol. The van der Waals surface area contributed by atoms with Crippen molar-refractivity contribution in [2.45, 2.75) is 32.7 Å². The molecule has 0 bridgehead atoms. The highest BCUT2D eigenvalue weighted by Gasteiger charge is 2.14. The van der Waals surface area contributed by atoms with Crippen molar-refractivity contribution in [3.8, 4) is 0 Å². The summed E-state index contributed by atoms with van der Waals surface area (Å²) in [5.74, 6) is 1.23. The highest BCUT2D eigenvalue weighted by molar-refractivity contribution is 4.83. The van der Waals surface area contributed by atoms with E-state index in [9.17, 15) is 0 Å². The molecule has 0 aliphatic heterocycles. The molecule has 0 aliphatic carbocycles. The molecule has 0 radical (unpaired) electrons. The van der Waals surface area contributed by atoms with Crippen LogP contribution in [0.15, 0.2) is 0 Å². The zero-order valence-electron chi connectivity index (χ0n) is 8.44. The second kappa shape index (κ2) is 4.32. The molecule has 13 heavy (non-hydrogen) atoms. The molecule has 1 aromatic rings. The lowest BCUT2D eigenvalue weighted by Crippen LogP contribution is -2.28. The molecule has 0 aliphatic rings. The molecule has 2 atom stereocenters. The van der Waals surface area contributed by atoms with E-state index in [4.69, 9.17) is 5.73 Å². The van der Waals surface area contributed by atoms with Crippen molar-refractivity contribution >= 4 is 0 Å². The Bertz CT molecular complexity index is 255. The van der Waals surface area contributed by atoms with Gasteiger partial charge in [0.15, 0.2) is 5.82 Å². The van der Waals surface area contributed by atoms with E-state index in [1.807, 2.05) is 6.92 Å². The van der Waals surface area contributed by atoms with Gasteiger partial charge in [-0.1, -0.05) is 13.3 Å². The van der Waals surface area contributed by atoms with Gasteiger partial charge in [-0.25, -0.2) is 0 Å². The molecule has 0 amide bonds. The minimum absolute atomic E-state index is 0.189. The highest BCUT2D eigenvalue weighted by atomic mass is 15.6. The number of nitrogens with two attached hydrogens (primary N) is 1. The van der Waals surface area contributed by atoms with Crippen molar-refractivity contribution in [1.29, 1.82) is 0 Å². The second-order valence-electron chi connectivity index (χ2n) is 3.43. The summed E-state index contributed by atoms with van der Waals surface area (Å²) in [6, 6.07) is 0.189. The van der Waals surface area contributed by atoms with E-state index in [0.717, 1.165) is 18.7 Å². The van der Waals surface area contributed by atoms with Crippen molar-refractivity contribution in [1.82, 2.24) is 20.2 Å². The topological polar surface area (TPSA) is 69.6 Å². The molecule has 5 nitrogen and oxygen atoms in total. The monoisotopic (exact) mass is 183 g/mol. The third-order valence-electron chi connectivity index (χ3n) is 2.26. The fourth-order valence-corrected chi connectivity index (χ4v) is 1.34. The highest BCUT2D eigenvalue weighted by Crippen LogP contribution is 2.11. The van der Waals surface area contributed by atoms with Crippen molar-refractivity contribution < 1.29 is 0 Å². The summed E-state index contributed by atoms with van der Waals surface area (Å²) in [5, 5.41) is 11.8. The third kappa shape index (κ3) is 2.77. The normalized spacial score (nSPS) is 15.7. The average Bonchev–Trinajstić information content (AvgIpc) is 2.46. The van der Waals surface area contributed by atoms with Gasteiger partial charge in [-0.3, -0.25) is 0 Å². The Balaban J connectivity index is 2.56. The third-order valence-corrected chi connectivity index (χ3v) is 2.26. The number of nitrogens with zero attached hydrogens (tertiary/aromatic N) is 4. The fourth-order valence-electron chi connectivity index (χ4n) is 1.34. The minimum Gasteiger partial charge on any atom is -0.328 e. The van der Waals surface area contributed by atoms with Crippen LogP contribution in [0.2, 0.25) is 0 Å². The van der Waals surface area contributed by atoms with Crippen LogP contribution in [0.1, 0.15) is 26.1 Å². The van der Waals surface area contributed by atoms with E-state index in [0.29, 0.717) is 5.92 Å². The van der Waals surface area contributed by atoms with Crippen molar-refractivity contribution in [2.24, 2.45) is 18.7 Å². The molecule has 0 saturated carbocycles. The number of hydrogen-bond acceptors (Lipinski definition) is 4. The Morgan fingerprint density at radius 3 is 2.62 bits per heavy atom. The summed E-state index contributed by atoms with van der Waals surface area (Å²) in [7, 11) is 1.77. The van der Waals surface area contributed by atoms with Crippen LogP contribution in [0.4, 0.5) is 0 Å². The fraction of sp³-hybridized carbons (Fsp3) is 0.875. The van der Waals surface area contributed by atoms with Crippen LogP contribution >= 0.6 is 0 Å². The SMILES string of the molecule is CCC(Cc1nnn(C)n1)C(C)N. The van der Waals surface area contributed by atoms with Crippen LogP contribution in [-0.4, -0.2) is 26.2 Å². The first-order valence-corrected chi connectivity index (χ1v) is 4.62. The standard InChI is InChI=1S/C8H17N5/c1-4-7(6(2)9)5-8-10-12-13(3)11-8/h6-7H,4-5,9H2,1-3H3. The van der Waals surface area contributed by atoms with E-state index in [1.165, 1.54) is 4.80 Å². The van der Waals surface area contributed by atoms with Crippen LogP contribution in [0.3, 0.4) is 0 Å². The summed E-state index contributed by atoms with van der Waals surface area (Å²) in [6.45, 7) is 4.15. The molecule has 0 saturated heterocycles.